The monoisotopic (exact) mass is 290 g/mol. The number of nitrogens with two attached hydrogens (primary N) is 1. The average Bonchev–Trinajstić information content (AvgIpc) is 2.43. The van der Waals surface area contributed by atoms with Crippen molar-refractivity contribution in [2.45, 2.75) is 38.1 Å². The number of carbonyl (C=O) groups is 2. The van der Waals surface area contributed by atoms with Gasteiger partial charge in [-0.2, -0.15) is 0 Å². The van der Waals surface area contributed by atoms with E-state index in [2.05, 4.69) is 5.32 Å². The Morgan fingerprint density at radius 1 is 1.29 bits per heavy atom. The fraction of sp³-hybridized carbons (Fsp3) is 0.500. The SMILES string of the molecule is NCC1(CC(=O)NC(CC(=O)O)c2ccccc2)CCC1. The summed E-state index contributed by atoms with van der Waals surface area (Å²) in [6.45, 7) is 0.509. The first-order valence-electron chi connectivity index (χ1n) is 7.31. The van der Waals surface area contributed by atoms with E-state index in [1.165, 1.54) is 0 Å². The number of rotatable bonds is 7. The first-order chi connectivity index (χ1) is 10.0. The number of hydrogen-bond donors (Lipinski definition) is 3. The lowest BCUT2D eigenvalue weighted by Crippen LogP contribution is -2.42. The van der Waals surface area contributed by atoms with Gasteiger partial charge < -0.3 is 16.2 Å². The molecule has 5 heteroatoms. The van der Waals surface area contributed by atoms with Crippen LogP contribution in [-0.2, 0) is 9.59 Å². The fourth-order valence-electron chi connectivity index (χ4n) is 2.83. The minimum atomic E-state index is -0.929. The van der Waals surface area contributed by atoms with Crippen molar-refractivity contribution in [3.63, 3.8) is 0 Å². The van der Waals surface area contributed by atoms with Crippen LogP contribution >= 0.6 is 0 Å². The van der Waals surface area contributed by atoms with Gasteiger partial charge in [-0.3, -0.25) is 9.59 Å². The highest BCUT2D eigenvalue weighted by Gasteiger charge is 2.37. The van der Waals surface area contributed by atoms with Crippen LogP contribution in [0.25, 0.3) is 0 Å². The Balaban J connectivity index is 2.01. The lowest BCUT2D eigenvalue weighted by Gasteiger charge is -2.40. The lowest BCUT2D eigenvalue weighted by molar-refractivity contribution is -0.137. The Labute approximate surface area is 124 Å². The molecule has 0 bridgehead atoms. The van der Waals surface area contributed by atoms with Crippen molar-refractivity contribution in [3.8, 4) is 0 Å². The molecule has 1 saturated carbocycles. The number of carbonyl (C=O) groups excluding carboxylic acids is 1. The van der Waals surface area contributed by atoms with E-state index in [1.807, 2.05) is 30.3 Å². The fourth-order valence-corrected chi connectivity index (χ4v) is 2.83. The van der Waals surface area contributed by atoms with Gasteiger partial charge in [-0.05, 0) is 30.4 Å². The first-order valence-corrected chi connectivity index (χ1v) is 7.31. The van der Waals surface area contributed by atoms with Crippen molar-refractivity contribution in [1.82, 2.24) is 5.32 Å². The predicted octanol–water partition coefficient (Wildman–Crippen LogP) is 1.84. The summed E-state index contributed by atoms with van der Waals surface area (Å²) in [5.74, 6) is -1.04. The summed E-state index contributed by atoms with van der Waals surface area (Å²) in [6.07, 6.45) is 3.33. The number of nitrogens with one attached hydrogen (secondary N) is 1. The van der Waals surface area contributed by atoms with Crippen LogP contribution in [0.5, 0.6) is 0 Å². The van der Waals surface area contributed by atoms with Crippen molar-refractivity contribution in [2.24, 2.45) is 11.1 Å². The van der Waals surface area contributed by atoms with Crippen LogP contribution in [0.3, 0.4) is 0 Å². The summed E-state index contributed by atoms with van der Waals surface area (Å²) in [5.41, 5.74) is 6.50. The lowest BCUT2D eigenvalue weighted by atomic mass is 9.66. The molecular weight excluding hydrogens is 268 g/mol. The topological polar surface area (TPSA) is 92.4 Å². The van der Waals surface area contributed by atoms with Crippen molar-refractivity contribution >= 4 is 11.9 Å². The number of carboxylic acids is 1. The first kappa shape index (κ1) is 15.5. The summed E-state index contributed by atoms with van der Waals surface area (Å²) in [7, 11) is 0. The number of benzene rings is 1. The molecule has 2 rings (SSSR count). The van der Waals surface area contributed by atoms with E-state index in [4.69, 9.17) is 10.8 Å². The molecule has 1 aliphatic carbocycles. The maximum Gasteiger partial charge on any atom is 0.305 e. The molecule has 0 radical (unpaired) electrons. The highest BCUT2D eigenvalue weighted by molar-refractivity contribution is 5.78. The summed E-state index contributed by atoms with van der Waals surface area (Å²) in [4.78, 5) is 23.2. The van der Waals surface area contributed by atoms with Gasteiger partial charge in [-0.15, -0.1) is 0 Å². The van der Waals surface area contributed by atoms with E-state index in [1.54, 1.807) is 0 Å². The molecule has 21 heavy (non-hydrogen) atoms. The Morgan fingerprint density at radius 3 is 2.43 bits per heavy atom. The molecule has 1 aromatic rings. The van der Waals surface area contributed by atoms with Gasteiger partial charge in [0.2, 0.25) is 5.91 Å². The predicted molar refractivity (Wildman–Crippen MR) is 79.5 cm³/mol. The van der Waals surface area contributed by atoms with Gasteiger partial charge in [0.25, 0.3) is 0 Å². The van der Waals surface area contributed by atoms with Crippen molar-refractivity contribution in [1.29, 1.82) is 0 Å². The second-order valence-electron chi connectivity index (χ2n) is 5.86. The van der Waals surface area contributed by atoms with Gasteiger partial charge in [0, 0.05) is 6.42 Å². The Bertz CT molecular complexity index is 492. The van der Waals surface area contributed by atoms with Crippen LogP contribution in [0.1, 0.15) is 43.7 Å². The minimum Gasteiger partial charge on any atom is -0.481 e. The smallest absolute Gasteiger partial charge is 0.305 e. The molecule has 1 fully saturated rings. The second-order valence-corrected chi connectivity index (χ2v) is 5.86. The van der Waals surface area contributed by atoms with Crippen LogP contribution in [0, 0.1) is 5.41 Å². The van der Waals surface area contributed by atoms with E-state index in [0.29, 0.717) is 13.0 Å². The van der Waals surface area contributed by atoms with Crippen LogP contribution < -0.4 is 11.1 Å². The van der Waals surface area contributed by atoms with Gasteiger partial charge in [0.05, 0.1) is 12.5 Å². The molecule has 0 aliphatic heterocycles. The summed E-state index contributed by atoms with van der Waals surface area (Å²) < 4.78 is 0. The van der Waals surface area contributed by atoms with Crippen LogP contribution in [-0.4, -0.2) is 23.5 Å². The van der Waals surface area contributed by atoms with Crippen LogP contribution in [0.4, 0.5) is 0 Å². The molecule has 4 N–H and O–H groups in total. The zero-order chi connectivity index (χ0) is 15.3. The van der Waals surface area contributed by atoms with Crippen LogP contribution in [0.15, 0.2) is 30.3 Å². The maximum atomic E-state index is 12.2. The molecule has 1 aromatic carbocycles. The molecule has 1 amide bonds. The number of hydrogen-bond acceptors (Lipinski definition) is 3. The Kier molecular flexibility index (Phi) is 4.96. The molecule has 1 aliphatic rings. The zero-order valence-corrected chi connectivity index (χ0v) is 12.0. The molecule has 5 nitrogen and oxygen atoms in total. The van der Waals surface area contributed by atoms with Crippen molar-refractivity contribution < 1.29 is 14.7 Å². The third-order valence-electron chi connectivity index (χ3n) is 4.30. The van der Waals surface area contributed by atoms with Gasteiger partial charge in [-0.1, -0.05) is 36.8 Å². The van der Waals surface area contributed by atoms with E-state index < -0.39 is 12.0 Å². The molecule has 1 atom stereocenters. The largest absolute Gasteiger partial charge is 0.481 e. The van der Waals surface area contributed by atoms with Gasteiger partial charge in [0.1, 0.15) is 0 Å². The third kappa shape index (κ3) is 4.04. The molecule has 0 heterocycles. The molecule has 0 spiro atoms. The van der Waals surface area contributed by atoms with E-state index in [0.717, 1.165) is 24.8 Å². The second kappa shape index (κ2) is 6.72. The molecular formula is C16H22N2O3. The third-order valence-corrected chi connectivity index (χ3v) is 4.30. The number of aliphatic carboxylic acids is 1. The highest BCUT2D eigenvalue weighted by atomic mass is 16.4. The van der Waals surface area contributed by atoms with Crippen LogP contribution in [0.2, 0.25) is 0 Å². The Hall–Kier alpha value is -1.88. The van der Waals surface area contributed by atoms with E-state index in [9.17, 15) is 9.59 Å². The van der Waals surface area contributed by atoms with Crippen molar-refractivity contribution in [3.05, 3.63) is 35.9 Å². The van der Waals surface area contributed by atoms with Gasteiger partial charge in [0.15, 0.2) is 0 Å². The Morgan fingerprint density at radius 2 is 1.95 bits per heavy atom. The molecule has 0 aromatic heterocycles. The minimum absolute atomic E-state index is 0.0749. The summed E-state index contributed by atoms with van der Waals surface area (Å²) >= 11 is 0. The van der Waals surface area contributed by atoms with Gasteiger partial charge >= 0.3 is 5.97 Å². The van der Waals surface area contributed by atoms with E-state index >= 15 is 0 Å². The number of amides is 1. The quantitative estimate of drug-likeness (QED) is 0.714. The number of carboxylic acid groups (broad SMARTS) is 1. The van der Waals surface area contributed by atoms with Gasteiger partial charge in [-0.25, -0.2) is 0 Å². The summed E-state index contributed by atoms with van der Waals surface area (Å²) in [5, 5.41) is 11.9. The van der Waals surface area contributed by atoms with E-state index in [-0.39, 0.29) is 17.7 Å². The average molecular weight is 290 g/mol. The van der Waals surface area contributed by atoms with Crippen molar-refractivity contribution in [2.75, 3.05) is 6.54 Å². The zero-order valence-electron chi connectivity index (χ0n) is 12.0. The maximum absolute atomic E-state index is 12.2. The standard InChI is InChI=1S/C16H22N2O3/c17-11-16(7-4-8-16)10-14(19)18-13(9-15(20)21)12-5-2-1-3-6-12/h1-3,5-6,13H,4,7-11,17H2,(H,18,19)(H,20,21). The molecule has 0 saturated heterocycles. The summed E-state index contributed by atoms with van der Waals surface area (Å²) in [6, 6.07) is 8.70. The molecule has 1 unspecified atom stereocenters. The molecule has 114 valence electrons. The normalized spacial score (nSPS) is 17.6. The highest BCUT2D eigenvalue weighted by Crippen LogP contribution is 2.42.